The van der Waals surface area contributed by atoms with Crippen molar-refractivity contribution in [2.24, 2.45) is 5.41 Å². The van der Waals surface area contributed by atoms with Crippen molar-refractivity contribution in [3.63, 3.8) is 0 Å². The lowest BCUT2D eigenvalue weighted by Gasteiger charge is -2.30. The number of aromatic nitrogens is 1. The van der Waals surface area contributed by atoms with E-state index in [0.717, 1.165) is 30.2 Å². The number of hydrogen-bond acceptors (Lipinski definition) is 2. The Morgan fingerprint density at radius 3 is 3.05 bits per heavy atom. The monoisotopic (exact) mass is 286 g/mol. The first-order valence-electron chi connectivity index (χ1n) is 7.56. The summed E-state index contributed by atoms with van der Waals surface area (Å²) in [7, 11) is 0. The largest absolute Gasteiger partial charge is 0.396 e. The zero-order valence-corrected chi connectivity index (χ0v) is 12.4. The van der Waals surface area contributed by atoms with Crippen molar-refractivity contribution in [1.82, 2.24) is 9.88 Å². The van der Waals surface area contributed by atoms with Gasteiger partial charge < -0.3 is 15.0 Å². The van der Waals surface area contributed by atoms with Crippen LogP contribution in [0.3, 0.4) is 0 Å². The van der Waals surface area contributed by atoms with Gasteiger partial charge in [0.2, 0.25) is 5.91 Å². The lowest BCUT2D eigenvalue weighted by Crippen LogP contribution is -2.45. The summed E-state index contributed by atoms with van der Waals surface area (Å²) < 4.78 is 1.97. The van der Waals surface area contributed by atoms with Crippen LogP contribution in [-0.2, 0) is 11.3 Å². The molecule has 112 valence electrons. The SMILES string of the molecule is CC1(CO)CCCC1NC(=O)Cn1ccc2ccccc21. The second-order valence-corrected chi connectivity index (χ2v) is 6.33. The molecular formula is C17H22N2O2. The minimum Gasteiger partial charge on any atom is -0.396 e. The number of hydrogen-bond donors (Lipinski definition) is 2. The third-order valence-corrected chi connectivity index (χ3v) is 4.77. The quantitative estimate of drug-likeness (QED) is 0.906. The summed E-state index contributed by atoms with van der Waals surface area (Å²) in [4.78, 5) is 12.3. The molecule has 0 saturated heterocycles. The van der Waals surface area contributed by atoms with Crippen LogP contribution in [0.15, 0.2) is 36.5 Å². The molecule has 1 amide bonds. The summed E-state index contributed by atoms with van der Waals surface area (Å²) in [5, 5.41) is 13.8. The van der Waals surface area contributed by atoms with Crippen molar-refractivity contribution in [3.05, 3.63) is 36.5 Å². The van der Waals surface area contributed by atoms with Crippen molar-refractivity contribution in [1.29, 1.82) is 0 Å². The molecule has 1 fully saturated rings. The fraction of sp³-hybridized carbons (Fsp3) is 0.471. The van der Waals surface area contributed by atoms with E-state index in [4.69, 9.17) is 0 Å². The van der Waals surface area contributed by atoms with Crippen LogP contribution in [0.5, 0.6) is 0 Å². The van der Waals surface area contributed by atoms with Gasteiger partial charge in [-0.15, -0.1) is 0 Å². The normalized spacial score (nSPS) is 25.3. The van der Waals surface area contributed by atoms with Gasteiger partial charge >= 0.3 is 0 Å². The van der Waals surface area contributed by atoms with Gasteiger partial charge in [-0.2, -0.15) is 0 Å². The van der Waals surface area contributed by atoms with Crippen molar-refractivity contribution in [3.8, 4) is 0 Å². The fourth-order valence-corrected chi connectivity index (χ4v) is 3.34. The summed E-state index contributed by atoms with van der Waals surface area (Å²) in [6, 6.07) is 10.2. The molecule has 0 radical (unpaired) electrons. The molecule has 21 heavy (non-hydrogen) atoms. The summed E-state index contributed by atoms with van der Waals surface area (Å²) in [6.07, 6.45) is 4.94. The molecule has 2 atom stereocenters. The van der Waals surface area contributed by atoms with E-state index in [1.165, 1.54) is 0 Å². The van der Waals surface area contributed by atoms with Gasteiger partial charge in [-0.1, -0.05) is 31.5 Å². The van der Waals surface area contributed by atoms with Gasteiger partial charge in [0.1, 0.15) is 6.54 Å². The van der Waals surface area contributed by atoms with E-state index >= 15 is 0 Å². The summed E-state index contributed by atoms with van der Waals surface area (Å²) in [5.74, 6) is 0.0166. The molecule has 1 heterocycles. The molecule has 1 aromatic carbocycles. The van der Waals surface area contributed by atoms with Gasteiger partial charge in [-0.3, -0.25) is 4.79 Å². The van der Waals surface area contributed by atoms with Gasteiger partial charge in [0, 0.05) is 23.2 Å². The lowest BCUT2D eigenvalue weighted by atomic mass is 9.86. The third-order valence-electron chi connectivity index (χ3n) is 4.77. The Morgan fingerprint density at radius 2 is 2.24 bits per heavy atom. The summed E-state index contributed by atoms with van der Waals surface area (Å²) in [6.45, 7) is 2.51. The molecule has 1 aromatic heterocycles. The van der Waals surface area contributed by atoms with E-state index in [1.807, 2.05) is 41.1 Å². The number of carbonyl (C=O) groups is 1. The standard InChI is InChI=1S/C17H22N2O2/c1-17(12-20)9-4-7-15(17)18-16(21)11-19-10-8-13-5-2-3-6-14(13)19/h2-3,5-6,8,10,15,20H,4,7,9,11-12H2,1H3,(H,18,21). The van der Waals surface area contributed by atoms with Crippen molar-refractivity contribution in [2.75, 3.05) is 6.61 Å². The number of fused-ring (bicyclic) bond motifs is 1. The minimum absolute atomic E-state index is 0.0166. The lowest BCUT2D eigenvalue weighted by molar-refractivity contribution is -0.123. The van der Waals surface area contributed by atoms with Crippen molar-refractivity contribution < 1.29 is 9.90 Å². The number of amides is 1. The molecule has 0 spiro atoms. The van der Waals surface area contributed by atoms with Crippen molar-refractivity contribution in [2.45, 2.75) is 38.8 Å². The highest BCUT2D eigenvalue weighted by molar-refractivity contribution is 5.83. The maximum atomic E-state index is 12.3. The number of aliphatic hydroxyl groups is 1. The number of benzene rings is 1. The molecular weight excluding hydrogens is 264 g/mol. The van der Waals surface area contributed by atoms with Gasteiger partial charge in [0.05, 0.1) is 6.61 Å². The third kappa shape index (κ3) is 2.68. The number of nitrogens with zero attached hydrogens (tertiary/aromatic N) is 1. The topological polar surface area (TPSA) is 54.3 Å². The van der Waals surface area contributed by atoms with Crippen LogP contribution in [0.2, 0.25) is 0 Å². The van der Waals surface area contributed by atoms with Crippen LogP contribution >= 0.6 is 0 Å². The molecule has 2 unspecified atom stereocenters. The zero-order chi connectivity index (χ0) is 14.9. The molecule has 2 N–H and O–H groups in total. The molecule has 1 aliphatic carbocycles. The summed E-state index contributed by atoms with van der Waals surface area (Å²) in [5.41, 5.74) is 0.901. The molecule has 4 nitrogen and oxygen atoms in total. The van der Waals surface area contributed by atoms with Crippen molar-refractivity contribution >= 4 is 16.8 Å². The van der Waals surface area contributed by atoms with E-state index in [0.29, 0.717) is 6.54 Å². The second kappa shape index (κ2) is 5.53. The molecule has 0 aliphatic heterocycles. The van der Waals surface area contributed by atoms with Crippen LogP contribution in [0.4, 0.5) is 0 Å². The smallest absolute Gasteiger partial charge is 0.240 e. The zero-order valence-electron chi connectivity index (χ0n) is 12.4. The Kier molecular flexibility index (Phi) is 3.72. The first-order valence-corrected chi connectivity index (χ1v) is 7.56. The van der Waals surface area contributed by atoms with E-state index in [1.54, 1.807) is 0 Å². The maximum absolute atomic E-state index is 12.3. The highest BCUT2D eigenvalue weighted by atomic mass is 16.3. The van der Waals surface area contributed by atoms with E-state index < -0.39 is 0 Å². The van der Waals surface area contributed by atoms with Crippen LogP contribution < -0.4 is 5.32 Å². The number of para-hydroxylation sites is 1. The Labute approximate surface area is 124 Å². The second-order valence-electron chi connectivity index (χ2n) is 6.33. The number of aliphatic hydroxyl groups excluding tert-OH is 1. The van der Waals surface area contributed by atoms with Crippen LogP contribution in [0, 0.1) is 5.41 Å². The predicted octanol–water partition coefficient (Wildman–Crippen LogP) is 2.31. The average Bonchev–Trinajstić information content (AvgIpc) is 3.05. The molecule has 1 saturated carbocycles. The predicted molar refractivity (Wildman–Crippen MR) is 82.9 cm³/mol. The Balaban J connectivity index is 1.69. The van der Waals surface area contributed by atoms with Gasteiger partial charge in [-0.05, 0) is 30.4 Å². The Hall–Kier alpha value is -1.81. The maximum Gasteiger partial charge on any atom is 0.240 e. The van der Waals surface area contributed by atoms with Gasteiger partial charge in [-0.25, -0.2) is 0 Å². The van der Waals surface area contributed by atoms with Gasteiger partial charge in [0.25, 0.3) is 0 Å². The van der Waals surface area contributed by atoms with Gasteiger partial charge in [0.15, 0.2) is 0 Å². The first kappa shape index (κ1) is 14.1. The average molecular weight is 286 g/mol. The number of carbonyl (C=O) groups excluding carboxylic acids is 1. The molecule has 3 rings (SSSR count). The van der Waals surface area contributed by atoms with E-state index in [2.05, 4.69) is 12.2 Å². The van der Waals surface area contributed by atoms with E-state index in [9.17, 15) is 9.90 Å². The van der Waals surface area contributed by atoms with Crippen LogP contribution in [0.25, 0.3) is 10.9 Å². The molecule has 2 aromatic rings. The molecule has 1 aliphatic rings. The number of nitrogens with one attached hydrogen (secondary N) is 1. The fourth-order valence-electron chi connectivity index (χ4n) is 3.34. The minimum atomic E-state index is -0.172. The highest BCUT2D eigenvalue weighted by Gasteiger charge is 2.38. The summed E-state index contributed by atoms with van der Waals surface area (Å²) >= 11 is 0. The van der Waals surface area contributed by atoms with Crippen LogP contribution in [-0.4, -0.2) is 28.2 Å². The first-order chi connectivity index (χ1) is 10.1. The Morgan fingerprint density at radius 1 is 1.43 bits per heavy atom. The van der Waals surface area contributed by atoms with E-state index in [-0.39, 0.29) is 24.0 Å². The highest BCUT2D eigenvalue weighted by Crippen LogP contribution is 2.37. The molecule has 0 bridgehead atoms. The number of rotatable bonds is 4. The Bertz CT molecular complexity index is 649. The molecule has 4 heteroatoms. The van der Waals surface area contributed by atoms with Crippen LogP contribution in [0.1, 0.15) is 26.2 Å².